The largest absolute Gasteiger partial charge is 0.481 e. The number of hydrogen-bond donors (Lipinski definition) is 2. The van der Waals surface area contributed by atoms with Crippen LogP contribution in [-0.2, 0) is 19.1 Å². The van der Waals surface area contributed by atoms with E-state index in [0.717, 1.165) is 96.6 Å². The third-order valence-electron chi connectivity index (χ3n) is 6.19. The first kappa shape index (κ1) is 27.4. The molecule has 1 saturated heterocycles. The van der Waals surface area contributed by atoms with Gasteiger partial charge in [-0.1, -0.05) is 51.4 Å². The van der Waals surface area contributed by atoms with E-state index in [9.17, 15) is 14.4 Å². The maximum atomic E-state index is 12.4. The summed E-state index contributed by atoms with van der Waals surface area (Å²) in [5, 5.41) is 17.4. The van der Waals surface area contributed by atoms with Gasteiger partial charge in [0, 0.05) is 19.4 Å². The molecular weight excluding hydrogens is 398 g/mol. The molecule has 1 fully saturated rings. The number of carbonyl (C=O) groups is 3. The third-order valence-corrected chi connectivity index (χ3v) is 6.19. The van der Waals surface area contributed by atoms with Gasteiger partial charge >= 0.3 is 17.9 Å². The van der Waals surface area contributed by atoms with Crippen molar-refractivity contribution >= 4 is 17.9 Å². The number of hydrogen-bond acceptors (Lipinski definition) is 5. The summed E-state index contributed by atoms with van der Waals surface area (Å²) in [5.41, 5.74) is 0. The average molecular weight is 442 g/mol. The molecule has 1 atom stereocenters. The Bertz CT molecular complexity index is 496. The molecule has 0 aromatic carbocycles. The predicted molar refractivity (Wildman–Crippen MR) is 120 cm³/mol. The second-order valence-electron chi connectivity index (χ2n) is 9.14. The van der Waals surface area contributed by atoms with Crippen molar-refractivity contribution in [2.24, 2.45) is 11.8 Å². The fourth-order valence-corrected chi connectivity index (χ4v) is 4.24. The minimum Gasteiger partial charge on any atom is -0.481 e. The molecule has 0 bridgehead atoms. The lowest BCUT2D eigenvalue weighted by Gasteiger charge is -2.18. The second kappa shape index (κ2) is 17.0. The monoisotopic (exact) mass is 441 g/mol. The van der Waals surface area contributed by atoms with Crippen molar-refractivity contribution in [1.82, 2.24) is 4.90 Å². The van der Waals surface area contributed by atoms with E-state index >= 15 is 0 Å². The van der Waals surface area contributed by atoms with E-state index in [0.29, 0.717) is 12.5 Å². The lowest BCUT2D eigenvalue weighted by atomic mass is 9.94. The predicted octanol–water partition coefficient (Wildman–Crippen LogP) is 4.73. The topological polar surface area (TPSA) is 104 Å². The van der Waals surface area contributed by atoms with E-state index in [1.165, 1.54) is 0 Å². The highest BCUT2D eigenvalue weighted by Crippen LogP contribution is 2.22. The summed E-state index contributed by atoms with van der Waals surface area (Å²) >= 11 is 0. The molecule has 0 aromatic heterocycles. The molecule has 1 aliphatic heterocycles. The van der Waals surface area contributed by atoms with Gasteiger partial charge in [0.1, 0.15) is 0 Å². The Kier molecular flexibility index (Phi) is 15.0. The van der Waals surface area contributed by atoms with Gasteiger partial charge in [-0.3, -0.25) is 14.4 Å². The Morgan fingerprint density at radius 1 is 0.839 bits per heavy atom. The van der Waals surface area contributed by atoms with E-state index in [2.05, 4.69) is 4.90 Å². The molecule has 1 rings (SSSR count). The molecule has 2 N–H and O–H groups in total. The number of esters is 1. The van der Waals surface area contributed by atoms with Gasteiger partial charge in [0.15, 0.2) is 0 Å². The lowest BCUT2D eigenvalue weighted by molar-refractivity contribution is -0.149. The number of carboxylic acid groups (broad SMARTS) is 2. The second-order valence-corrected chi connectivity index (χ2v) is 9.14. The van der Waals surface area contributed by atoms with Gasteiger partial charge in [0.25, 0.3) is 0 Å². The minimum absolute atomic E-state index is 0.00844. The molecule has 0 saturated carbocycles. The first-order valence-corrected chi connectivity index (χ1v) is 12.2. The SMILES string of the molecule is CN1CCC(C(=O)OCC(CCCCCCCC(=O)O)CCCCCCCC(=O)O)C1. The van der Waals surface area contributed by atoms with Crippen LogP contribution in [0.3, 0.4) is 0 Å². The molecular formula is C24H43NO6. The van der Waals surface area contributed by atoms with Crippen LogP contribution in [0, 0.1) is 11.8 Å². The molecule has 1 heterocycles. The maximum absolute atomic E-state index is 12.4. The fourth-order valence-electron chi connectivity index (χ4n) is 4.24. The Morgan fingerprint density at radius 3 is 1.77 bits per heavy atom. The highest BCUT2D eigenvalue weighted by atomic mass is 16.5. The smallest absolute Gasteiger partial charge is 0.310 e. The molecule has 0 aliphatic carbocycles. The molecule has 7 heteroatoms. The van der Waals surface area contributed by atoms with Gasteiger partial charge in [-0.15, -0.1) is 0 Å². The van der Waals surface area contributed by atoms with Crippen molar-refractivity contribution < 1.29 is 29.3 Å². The summed E-state index contributed by atoms with van der Waals surface area (Å²) in [6.07, 6.45) is 13.3. The van der Waals surface area contributed by atoms with Crippen LogP contribution < -0.4 is 0 Å². The van der Waals surface area contributed by atoms with E-state index < -0.39 is 11.9 Å². The average Bonchev–Trinajstić information content (AvgIpc) is 3.15. The Balaban J connectivity index is 2.25. The van der Waals surface area contributed by atoms with E-state index in [1.807, 2.05) is 7.05 Å². The summed E-state index contributed by atoms with van der Waals surface area (Å²) in [7, 11) is 2.03. The Morgan fingerprint density at radius 2 is 1.32 bits per heavy atom. The number of aliphatic carboxylic acids is 2. The quantitative estimate of drug-likeness (QED) is 0.221. The van der Waals surface area contributed by atoms with Crippen LogP contribution in [0.1, 0.15) is 96.3 Å². The van der Waals surface area contributed by atoms with Gasteiger partial charge in [-0.25, -0.2) is 0 Å². The fraction of sp³-hybridized carbons (Fsp3) is 0.875. The van der Waals surface area contributed by atoms with Gasteiger partial charge in [-0.05, 0) is 51.6 Å². The Labute approximate surface area is 187 Å². The first-order chi connectivity index (χ1) is 14.9. The third kappa shape index (κ3) is 14.9. The number of carbonyl (C=O) groups excluding carboxylic acids is 1. The standard InChI is InChI=1S/C24H43NO6/c1-25-17-16-21(18-25)24(30)31-19-20(12-8-4-2-6-10-14-22(26)27)13-9-5-3-7-11-15-23(28)29/h20-21H,2-19H2,1H3,(H,26,27)(H,28,29). The molecule has 180 valence electrons. The molecule has 31 heavy (non-hydrogen) atoms. The summed E-state index contributed by atoms with van der Waals surface area (Å²) in [6, 6.07) is 0. The van der Waals surface area contributed by atoms with Crippen molar-refractivity contribution in [3.8, 4) is 0 Å². The molecule has 0 spiro atoms. The molecule has 0 aromatic rings. The maximum Gasteiger partial charge on any atom is 0.310 e. The summed E-state index contributed by atoms with van der Waals surface area (Å²) in [6.45, 7) is 2.24. The Hall–Kier alpha value is -1.63. The highest BCUT2D eigenvalue weighted by molar-refractivity contribution is 5.73. The molecule has 1 aliphatic rings. The van der Waals surface area contributed by atoms with Crippen LogP contribution in [0.25, 0.3) is 0 Å². The first-order valence-electron chi connectivity index (χ1n) is 12.2. The molecule has 7 nitrogen and oxygen atoms in total. The minimum atomic E-state index is -0.724. The van der Waals surface area contributed by atoms with Crippen LogP contribution in [0.5, 0.6) is 0 Å². The van der Waals surface area contributed by atoms with Crippen LogP contribution in [0.2, 0.25) is 0 Å². The van der Waals surface area contributed by atoms with E-state index in [1.54, 1.807) is 0 Å². The number of nitrogens with zero attached hydrogens (tertiary/aromatic N) is 1. The van der Waals surface area contributed by atoms with Gasteiger partial charge in [0.2, 0.25) is 0 Å². The summed E-state index contributed by atoms with van der Waals surface area (Å²) < 4.78 is 5.68. The molecule has 1 unspecified atom stereocenters. The van der Waals surface area contributed by atoms with E-state index in [-0.39, 0.29) is 24.7 Å². The van der Waals surface area contributed by atoms with Crippen LogP contribution in [0.4, 0.5) is 0 Å². The van der Waals surface area contributed by atoms with Crippen molar-refractivity contribution in [3.05, 3.63) is 0 Å². The number of unbranched alkanes of at least 4 members (excludes halogenated alkanes) is 8. The van der Waals surface area contributed by atoms with Crippen LogP contribution in [0.15, 0.2) is 0 Å². The van der Waals surface area contributed by atoms with Gasteiger partial charge in [0.05, 0.1) is 12.5 Å². The van der Waals surface area contributed by atoms with Gasteiger partial charge in [-0.2, -0.15) is 0 Å². The van der Waals surface area contributed by atoms with E-state index in [4.69, 9.17) is 14.9 Å². The van der Waals surface area contributed by atoms with Gasteiger partial charge < -0.3 is 19.8 Å². The van der Waals surface area contributed by atoms with Crippen LogP contribution >= 0.6 is 0 Å². The summed E-state index contributed by atoms with van der Waals surface area (Å²) in [4.78, 5) is 35.6. The van der Waals surface area contributed by atoms with Crippen molar-refractivity contribution in [3.63, 3.8) is 0 Å². The molecule has 0 amide bonds. The molecule has 0 radical (unpaired) electrons. The zero-order valence-electron chi connectivity index (χ0n) is 19.4. The number of likely N-dealkylation sites (tertiary alicyclic amines) is 1. The lowest BCUT2D eigenvalue weighted by Crippen LogP contribution is -2.24. The number of carboxylic acids is 2. The number of rotatable bonds is 19. The zero-order valence-corrected chi connectivity index (χ0v) is 19.4. The highest BCUT2D eigenvalue weighted by Gasteiger charge is 2.27. The summed E-state index contributed by atoms with van der Waals surface area (Å²) in [5.74, 6) is -1.12. The normalized spacial score (nSPS) is 16.6. The van der Waals surface area contributed by atoms with Crippen molar-refractivity contribution in [2.45, 2.75) is 96.3 Å². The zero-order chi connectivity index (χ0) is 22.9. The van der Waals surface area contributed by atoms with Crippen molar-refractivity contribution in [1.29, 1.82) is 0 Å². The number of ether oxygens (including phenoxy) is 1. The van der Waals surface area contributed by atoms with Crippen molar-refractivity contribution in [2.75, 3.05) is 26.7 Å². The van der Waals surface area contributed by atoms with Crippen LogP contribution in [-0.4, -0.2) is 59.8 Å².